The highest BCUT2D eigenvalue weighted by Crippen LogP contribution is 2.39. The average molecular weight is 274 g/mol. The fraction of sp³-hybridized carbons (Fsp3) is 0.812. The number of imidazole rings is 1. The molecule has 0 aromatic carbocycles. The summed E-state index contributed by atoms with van der Waals surface area (Å²) in [6.07, 6.45) is 12.5. The minimum atomic E-state index is 0.539. The largest absolute Gasteiger partial charge is 0.333 e. The van der Waals surface area contributed by atoms with E-state index >= 15 is 0 Å². The number of rotatable bonds is 5. The molecule has 0 radical (unpaired) electrons. The first-order valence-electron chi connectivity index (χ1n) is 8.29. The van der Waals surface area contributed by atoms with Crippen LogP contribution >= 0.6 is 0 Å². The molecule has 0 amide bonds. The van der Waals surface area contributed by atoms with Crippen LogP contribution in [0, 0.1) is 5.41 Å². The van der Waals surface area contributed by atoms with E-state index in [2.05, 4.69) is 26.0 Å². The molecule has 2 aliphatic carbocycles. The molecule has 2 saturated carbocycles. The zero-order valence-electron chi connectivity index (χ0n) is 12.4. The van der Waals surface area contributed by atoms with Gasteiger partial charge >= 0.3 is 0 Å². The lowest BCUT2D eigenvalue weighted by molar-refractivity contribution is 0.121. The fourth-order valence-electron chi connectivity index (χ4n) is 4.00. The molecular weight excluding hydrogens is 248 g/mol. The minimum Gasteiger partial charge on any atom is -0.333 e. The maximum absolute atomic E-state index is 4.49. The SMILES string of the molecule is c1cn2c(n1)CN(CC1(CNC3CC3)CCCC1)CC2. The summed E-state index contributed by atoms with van der Waals surface area (Å²) in [5.74, 6) is 1.25. The number of hydrogen-bond acceptors (Lipinski definition) is 3. The molecule has 0 unspecified atom stereocenters. The molecule has 1 N–H and O–H groups in total. The van der Waals surface area contributed by atoms with Gasteiger partial charge < -0.3 is 9.88 Å². The van der Waals surface area contributed by atoms with Gasteiger partial charge in [0, 0.05) is 44.6 Å². The third-order valence-corrected chi connectivity index (χ3v) is 5.39. The van der Waals surface area contributed by atoms with E-state index in [0.29, 0.717) is 5.41 Å². The fourth-order valence-corrected chi connectivity index (χ4v) is 4.00. The molecule has 4 nitrogen and oxygen atoms in total. The predicted octanol–water partition coefficient (Wildman–Crippen LogP) is 2.01. The standard InChI is InChI=1S/C16H26N4/c1-2-6-16(5-1,12-18-14-3-4-14)13-19-9-10-20-8-7-17-15(20)11-19/h7-8,14,18H,1-6,9-13H2. The molecule has 4 rings (SSSR count). The number of fused-ring (bicyclic) bond motifs is 1. The van der Waals surface area contributed by atoms with Gasteiger partial charge in [-0.2, -0.15) is 0 Å². The monoisotopic (exact) mass is 274 g/mol. The van der Waals surface area contributed by atoms with E-state index in [9.17, 15) is 0 Å². The first-order chi connectivity index (χ1) is 9.83. The summed E-state index contributed by atoms with van der Waals surface area (Å²) in [6.45, 7) is 5.84. The molecule has 2 heterocycles. The summed E-state index contributed by atoms with van der Waals surface area (Å²) in [4.78, 5) is 7.14. The lowest BCUT2D eigenvalue weighted by atomic mass is 9.85. The van der Waals surface area contributed by atoms with E-state index in [-0.39, 0.29) is 0 Å². The van der Waals surface area contributed by atoms with Crippen molar-refractivity contribution in [3.8, 4) is 0 Å². The van der Waals surface area contributed by atoms with Gasteiger partial charge in [-0.05, 0) is 31.1 Å². The molecule has 0 saturated heterocycles. The van der Waals surface area contributed by atoms with E-state index in [0.717, 1.165) is 19.1 Å². The molecule has 2 fully saturated rings. The van der Waals surface area contributed by atoms with Gasteiger partial charge in [0.1, 0.15) is 5.82 Å². The first kappa shape index (κ1) is 12.8. The Morgan fingerprint density at radius 3 is 2.90 bits per heavy atom. The normalized spacial score (nSPS) is 25.8. The van der Waals surface area contributed by atoms with Crippen molar-refractivity contribution >= 4 is 0 Å². The highest BCUT2D eigenvalue weighted by Gasteiger charge is 2.37. The second kappa shape index (κ2) is 5.15. The van der Waals surface area contributed by atoms with Crippen molar-refractivity contribution in [2.24, 2.45) is 5.41 Å². The summed E-state index contributed by atoms with van der Waals surface area (Å²) in [7, 11) is 0. The van der Waals surface area contributed by atoms with Gasteiger partial charge in [0.05, 0.1) is 6.54 Å². The Morgan fingerprint density at radius 2 is 2.10 bits per heavy atom. The van der Waals surface area contributed by atoms with Crippen LogP contribution in [0.25, 0.3) is 0 Å². The number of nitrogens with one attached hydrogen (secondary N) is 1. The van der Waals surface area contributed by atoms with Crippen LogP contribution in [-0.4, -0.2) is 40.1 Å². The van der Waals surface area contributed by atoms with Crippen molar-refractivity contribution in [1.82, 2.24) is 19.8 Å². The van der Waals surface area contributed by atoms with E-state index in [1.165, 1.54) is 64.0 Å². The molecule has 1 aromatic heterocycles. The zero-order chi connectivity index (χ0) is 13.4. The molecule has 20 heavy (non-hydrogen) atoms. The van der Waals surface area contributed by atoms with Crippen molar-refractivity contribution in [3.05, 3.63) is 18.2 Å². The third kappa shape index (κ3) is 2.63. The summed E-state index contributed by atoms with van der Waals surface area (Å²) in [6, 6.07) is 0.840. The van der Waals surface area contributed by atoms with Crippen LogP contribution in [0.2, 0.25) is 0 Å². The van der Waals surface area contributed by atoms with Crippen molar-refractivity contribution in [2.75, 3.05) is 19.6 Å². The molecule has 3 aliphatic rings. The molecule has 0 spiro atoms. The maximum atomic E-state index is 4.49. The smallest absolute Gasteiger partial charge is 0.122 e. The topological polar surface area (TPSA) is 33.1 Å². The summed E-state index contributed by atoms with van der Waals surface area (Å²) >= 11 is 0. The molecular formula is C16H26N4. The molecule has 1 aromatic rings. The Balaban J connectivity index is 1.40. The van der Waals surface area contributed by atoms with Crippen molar-refractivity contribution < 1.29 is 0 Å². The van der Waals surface area contributed by atoms with Crippen molar-refractivity contribution in [3.63, 3.8) is 0 Å². The van der Waals surface area contributed by atoms with Gasteiger partial charge in [0.2, 0.25) is 0 Å². The second-order valence-corrected chi connectivity index (χ2v) is 7.11. The van der Waals surface area contributed by atoms with Crippen molar-refractivity contribution in [1.29, 1.82) is 0 Å². The lowest BCUT2D eigenvalue weighted by Gasteiger charge is -2.37. The van der Waals surface area contributed by atoms with Crippen LogP contribution in [0.5, 0.6) is 0 Å². The van der Waals surface area contributed by atoms with Gasteiger partial charge in [-0.1, -0.05) is 12.8 Å². The molecule has 0 atom stereocenters. The molecule has 1 aliphatic heterocycles. The summed E-state index contributed by atoms with van der Waals surface area (Å²) in [5, 5.41) is 3.80. The third-order valence-electron chi connectivity index (χ3n) is 5.39. The van der Waals surface area contributed by atoms with E-state index in [1.807, 2.05) is 6.20 Å². The van der Waals surface area contributed by atoms with Gasteiger partial charge in [0.25, 0.3) is 0 Å². The van der Waals surface area contributed by atoms with Crippen LogP contribution < -0.4 is 5.32 Å². The van der Waals surface area contributed by atoms with Crippen LogP contribution in [-0.2, 0) is 13.1 Å². The summed E-state index contributed by atoms with van der Waals surface area (Å²) < 4.78 is 2.31. The van der Waals surface area contributed by atoms with Gasteiger partial charge in [-0.3, -0.25) is 4.90 Å². The maximum Gasteiger partial charge on any atom is 0.122 e. The van der Waals surface area contributed by atoms with Crippen LogP contribution in [0.15, 0.2) is 12.4 Å². The number of hydrogen-bond donors (Lipinski definition) is 1. The van der Waals surface area contributed by atoms with Crippen LogP contribution in [0.4, 0.5) is 0 Å². The van der Waals surface area contributed by atoms with Crippen LogP contribution in [0.1, 0.15) is 44.3 Å². The van der Waals surface area contributed by atoms with Gasteiger partial charge in [-0.15, -0.1) is 0 Å². The van der Waals surface area contributed by atoms with Crippen LogP contribution in [0.3, 0.4) is 0 Å². The Labute approximate surface area is 121 Å². The molecule has 0 bridgehead atoms. The van der Waals surface area contributed by atoms with Gasteiger partial charge in [-0.25, -0.2) is 4.98 Å². The molecule has 4 heteroatoms. The average Bonchev–Trinajstić information content (AvgIpc) is 2.98. The Kier molecular flexibility index (Phi) is 3.31. The Morgan fingerprint density at radius 1 is 1.25 bits per heavy atom. The van der Waals surface area contributed by atoms with E-state index in [4.69, 9.17) is 0 Å². The van der Waals surface area contributed by atoms with Gasteiger partial charge in [0.15, 0.2) is 0 Å². The van der Waals surface area contributed by atoms with E-state index < -0.39 is 0 Å². The Bertz CT molecular complexity index is 457. The highest BCUT2D eigenvalue weighted by atomic mass is 15.2. The highest BCUT2D eigenvalue weighted by molar-refractivity contribution is 4.98. The minimum absolute atomic E-state index is 0.539. The van der Waals surface area contributed by atoms with E-state index in [1.54, 1.807) is 0 Å². The molecule has 110 valence electrons. The quantitative estimate of drug-likeness (QED) is 0.891. The lowest BCUT2D eigenvalue weighted by Crippen LogP contribution is -2.45. The predicted molar refractivity (Wildman–Crippen MR) is 79.4 cm³/mol. The Hall–Kier alpha value is -0.870. The summed E-state index contributed by atoms with van der Waals surface area (Å²) in [5.41, 5.74) is 0.539. The number of aromatic nitrogens is 2. The zero-order valence-corrected chi connectivity index (χ0v) is 12.4. The number of nitrogens with zero attached hydrogens (tertiary/aromatic N) is 3. The first-order valence-corrected chi connectivity index (χ1v) is 8.29. The second-order valence-electron chi connectivity index (χ2n) is 7.11. The van der Waals surface area contributed by atoms with Crippen molar-refractivity contribution in [2.45, 2.75) is 57.7 Å².